The molecule has 88 valence electrons. The van der Waals surface area contributed by atoms with Crippen LogP contribution in [0.1, 0.15) is 46.2 Å². The highest BCUT2D eigenvalue weighted by Gasteiger charge is 2.53. The van der Waals surface area contributed by atoms with Gasteiger partial charge in [0, 0.05) is 6.07 Å². The zero-order valence-corrected chi connectivity index (χ0v) is 10.3. The van der Waals surface area contributed by atoms with Crippen LogP contribution in [0.15, 0.2) is 22.0 Å². The van der Waals surface area contributed by atoms with Gasteiger partial charge in [-0.15, -0.1) is 0 Å². The number of nitrogens with zero attached hydrogens (tertiary/aromatic N) is 2. The van der Waals surface area contributed by atoms with Crippen molar-refractivity contribution in [3.05, 3.63) is 18.0 Å². The van der Waals surface area contributed by atoms with E-state index in [-0.39, 0.29) is 11.0 Å². The largest absolute Gasteiger partial charge is 0.388 e. The van der Waals surface area contributed by atoms with Gasteiger partial charge in [0.15, 0.2) is 0 Å². The van der Waals surface area contributed by atoms with Crippen LogP contribution >= 0.6 is 0 Å². The van der Waals surface area contributed by atoms with Crippen molar-refractivity contribution in [3.8, 4) is 0 Å². The Morgan fingerprint density at radius 3 is 2.38 bits per heavy atom. The Morgan fingerprint density at radius 2 is 1.94 bits per heavy atom. The second-order valence-electron chi connectivity index (χ2n) is 4.74. The maximum atomic E-state index is 5.70. The summed E-state index contributed by atoms with van der Waals surface area (Å²) in [7, 11) is 0. The molecule has 0 saturated carbocycles. The van der Waals surface area contributed by atoms with E-state index in [0.717, 1.165) is 24.2 Å². The molecule has 2 heterocycles. The van der Waals surface area contributed by atoms with Gasteiger partial charge in [-0.25, -0.2) is 0 Å². The molecule has 0 radical (unpaired) electrons. The minimum Gasteiger partial charge on any atom is -0.388 e. The number of hydrogen-bond acceptors (Lipinski definition) is 4. The summed E-state index contributed by atoms with van der Waals surface area (Å²) >= 11 is 0. The van der Waals surface area contributed by atoms with Crippen molar-refractivity contribution in [2.24, 2.45) is 10.6 Å². The lowest BCUT2D eigenvalue weighted by molar-refractivity contribution is -0.0766. The summed E-state index contributed by atoms with van der Waals surface area (Å²) in [5.41, 5.74) is 1.29. The fourth-order valence-corrected chi connectivity index (χ4v) is 2.54. The zero-order valence-electron chi connectivity index (χ0n) is 10.3. The molecule has 0 bridgehead atoms. The van der Waals surface area contributed by atoms with Crippen LogP contribution in [0, 0.1) is 5.41 Å². The van der Waals surface area contributed by atoms with Gasteiger partial charge >= 0.3 is 0 Å². The molecule has 4 nitrogen and oxygen atoms in total. The molecule has 0 aromatic carbocycles. The van der Waals surface area contributed by atoms with Crippen LogP contribution < -0.4 is 0 Å². The molecule has 0 spiro atoms. The van der Waals surface area contributed by atoms with E-state index in [1.807, 2.05) is 6.07 Å². The quantitative estimate of drug-likeness (QED) is 0.789. The van der Waals surface area contributed by atoms with E-state index < -0.39 is 0 Å². The minimum absolute atomic E-state index is 0.145. The van der Waals surface area contributed by atoms with Gasteiger partial charge < -0.3 is 9.36 Å². The predicted molar refractivity (Wildman–Crippen MR) is 61.2 cm³/mol. The van der Waals surface area contributed by atoms with Gasteiger partial charge in [0.2, 0.25) is 0 Å². The van der Waals surface area contributed by atoms with Crippen molar-refractivity contribution in [1.29, 1.82) is 0 Å². The molecule has 2 rings (SSSR count). The normalized spacial score (nSPS) is 21.6. The van der Waals surface area contributed by atoms with Crippen LogP contribution in [0.5, 0.6) is 0 Å². The summed E-state index contributed by atoms with van der Waals surface area (Å²) < 4.78 is 4.87. The van der Waals surface area contributed by atoms with Crippen molar-refractivity contribution < 1.29 is 9.36 Å². The maximum absolute atomic E-state index is 5.70. The smallest absolute Gasteiger partial charge is 0.148 e. The van der Waals surface area contributed by atoms with Crippen LogP contribution in [-0.2, 0) is 4.84 Å². The van der Waals surface area contributed by atoms with Gasteiger partial charge in [-0.1, -0.05) is 38.0 Å². The van der Waals surface area contributed by atoms with Crippen LogP contribution in [0.2, 0.25) is 0 Å². The van der Waals surface area contributed by atoms with Crippen molar-refractivity contribution in [2.45, 2.75) is 46.1 Å². The number of hydrogen-bond donors (Lipinski definition) is 0. The summed E-state index contributed by atoms with van der Waals surface area (Å²) in [6, 6.07) is 1.82. The summed E-state index contributed by atoms with van der Waals surface area (Å²) in [6.45, 7) is 8.57. The van der Waals surface area contributed by atoms with E-state index in [1.165, 1.54) is 0 Å². The van der Waals surface area contributed by atoms with Gasteiger partial charge in [0.1, 0.15) is 23.3 Å². The molecular formula is C12H18N2O2. The molecule has 4 heteroatoms. The van der Waals surface area contributed by atoms with Gasteiger partial charge in [0.05, 0.1) is 5.41 Å². The van der Waals surface area contributed by atoms with Crippen LogP contribution in [0.25, 0.3) is 0 Å². The highest BCUT2D eigenvalue weighted by molar-refractivity contribution is 6.04. The third-order valence-corrected chi connectivity index (χ3v) is 3.87. The second-order valence-corrected chi connectivity index (χ2v) is 4.74. The highest BCUT2D eigenvalue weighted by atomic mass is 16.7. The Labute approximate surface area is 95.6 Å². The Hall–Kier alpha value is -1.32. The van der Waals surface area contributed by atoms with E-state index in [0.29, 0.717) is 0 Å². The summed E-state index contributed by atoms with van der Waals surface area (Å²) in [5.74, 6) is 0. The van der Waals surface area contributed by atoms with Crippen LogP contribution in [0.3, 0.4) is 0 Å². The van der Waals surface area contributed by atoms with E-state index in [1.54, 1.807) is 6.26 Å². The van der Waals surface area contributed by atoms with Gasteiger partial charge in [0.25, 0.3) is 0 Å². The van der Waals surface area contributed by atoms with Crippen molar-refractivity contribution >= 4 is 5.71 Å². The third kappa shape index (κ3) is 1.29. The molecule has 1 aliphatic heterocycles. The summed E-state index contributed by atoms with van der Waals surface area (Å²) in [5, 5.41) is 8.16. The van der Waals surface area contributed by atoms with Crippen LogP contribution in [0.4, 0.5) is 0 Å². The molecule has 0 unspecified atom stereocenters. The maximum Gasteiger partial charge on any atom is 0.148 e. The SMILES string of the molecule is CCC1(CC)ON=C(c2ccon2)C1(C)C. The number of aromatic nitrogens is 1. The Bertz CT molecular complexity index is 389. The molecule has 1 aromatic heterocycles. The van der Waals surface area contributed by atoms with Gasteiger partial charge in [-0.3, -0.25) is 0 Å². The molecule has 0 atom stereocenters. The lowest BCUT2D eigenvalue weighted by atomic mass is 9.68. The summed E-state index contributed by atoms with van der Waals surface area (Å²) in [4.78, 5) is 5.70. The average molecular weight is 222 g/mol. The fraction of sp³-hybridized carbons (Fsp3) is 0.667. The molecule has 0 fully saturated rings. The first-order chi connectivity index (χ1) is 7.57. The van der Waals surface area contributed by atoms with E-state index in [9.17, 15) is 0 Å². The third-order valence-electron chi connectivity index (χ3n) is 3.87. The number of oxime groups is 1. The first-order valence-corrected chi connectivity index (χ1v) is 5.75. The van der Waals surface area contributed by atoms with Gasteiger partial charge in [-0.2, -0.15) is 0 Å². The minimum atomic E-state index is -0.221. The first kappa shape index (κ1) is 11.2. The Morgan fingerprint density at radius 1 is 1.25 bits per heavy atom. The Balaban J connectivity index is 2.39. The molecule has 0 saturated heterocycles. The lowest BCUT2D eigenvalue weighted by Crippen LogP contribution is -2.45. The highest BCUT2D eigenvalue weighted by Crippen LogP contribution is 2.46. The van der Waals surface area contributed by atoms with E-state index in [2.05, 4.69) is 38.0 Å². The van der Waals surface area contributed by atoms with E-state index >= 15 is 0 Å². The van der Waals surface area contributed by atoms with Crippen LogP contribution in [-0.4, -0.2) is 16.5 Å². The topological polar surface area (TPSA) is 47.6 Å². The molecule has 0 N–H and O–H groups in total. The lowest BCUT2D eigenvalue weighted by Gasteiger charge is -2.37. The predicted octanol–water partition coefficient (Wildman–Crippen LogP) is 2.99. The molecule has 16 heavy (non-hydrogen) atoms. The Kier molecular flexibility index (Phi) is 2.52. The average Bonchev–Trinajstić information content (AvgIpc) is 2.84. The zero-order chi connectivity index (χ0) is 11.8. The standard InChI is InChI=1S/C12H18N2O2/c1-5-12(6-2)11(3,4)10(14-16-12)9-7-8-15-13-9/h7-8H,5-6H2,1-4H3. The monoisotopic (exact) mass is 222 g/mol. The molecule has 1 aliphatic rings. The van der Waals surface area contributed by atoms with Gasteiger partial charge in [-0.05, 0) is 12.8 Å². The van der Waals surface area contributed by atoms with Crippen molar-refractivity contribution in [3.63, 3.8) is 0 Å². The molecule has 1 aromatic rings. The molecule has 0 amide bonds. The molecule has 0 aliphatic carbocycles. The summed E-state index contributed by atoms with van der Waals surface area (Å²) in [6.07, 6.45) is 3.43. The number of rotatable bonds is 3. The van der Waals surface area contributed by atoms with Crippen molar-refractivity contribution in [2.75, 3.05) is 0 Å². The molecular weight excluding hydrogens is 204 g/mol. The fourth-order valence-electron chi connectivity index (χ4n) is 2.54. The van der Waals surface area contributed by atoms with E-state index in [4.69, 9.17) is 9.36 Å². The second kappa shape index (κ2) is 3.61. The van der Waals surface area contributed by atoms with Crippen molar-refractivity contribution in [1.82, 2.24) is 5.16 Å². The first-order valence-electron chi connectivity index (χ1n) is 5.75.